The van der Waals surface area contributed by atoms with Crippen molar-refractivity contribution < 1.29 is 4.79 Å². The van der Waals surface area contributed by atoms with E-state index in [2.05, 4.69) is 20.8 Å². The fourth-order valence-electron chi connectivity index (χ4n) is 2.24. The Labute approximate surface area is 140 Å². The lowest BCUT2D eigenvalue weighted by Gasteiger charge is -2.06. The molecule has 2 N–H and O–H groups in total. The molecule has 1 heterocycles. The third-order valence-corrected chi connectivity index (χ3v) is 3.46. The highest BCUT2D eigenvalue weighted by molar-refractivity contribution is 5.89. The van der Waals surface area contributed by atoms with E-state index in [1.165, 1.54) is 0 Å². The van der Waals surface area contributed by atoms with E-state index in [1.807, 2.05) is 60.7 Å². The summed E-state index contributed by atoms with van der Waals surface area (Å²) in [4.78, 5) is 12.0. The molecule has 0 bridgehead atoms. The number of hydrogen-bond donors (Lipinski definition) is 2. The molecule has 0 aliphatic rings. The molecule has 0 saturated carbocycles. The molecule has 1 aromatic heterocycles. The van der Waals surface area contributed by atoms with Crippen molar-refractivity contribution in [3.8, 4) is 0 Å². The molecule has 2 aromatic carbocycles. The number of para-hydroxylation sites is 1. The van der Waals surface area contributed by atoms with Crippen LogP contribution in [0.2, 0.25) is 0 Å². The van der Waals surface area contributed by atoms with E-state index < -0.39 is 0 Å². The molecule has 1 amide bonds. The molecule has 0 radical (unpaired) electrons. The van der Waals surface area contributed by atoms with Crippen LogP contribution < -0.4 is 10.6 Å². The standard InChI is InChI=1S/C19H18N4O/c24-19(14-11-15-7-3-1-4-8-15)21-18-13-12-17(22-23-18)20-16-9-5-2-6-10-16/h1-10,12-13H,11,14H2,(H,20,22)(H,21,23,24). The third-order valence-electron chi connectivity index (χ3n) is 3.46. The molecular weight excluding hydrogens is 300 g/mol. The van der Waals surface area contributed by atoms with Gasteiger partial charge in [-0.15, -0.1) is 10.2 Å². The Kier molecular flexibility index (Phi) is 5.14. The van der Waals surface area contributed by atoms with Crippen LogP contribution in [0.4, 0.5) is 17.3 Å². The van der Waals surface area contributed by atoms with Crippen molar-refractivity contribution in [2.45, 2.75) is 12.8 Å². The second-order valence-electron chi connectivity index (χ2n) is 5.33. The van der Waals surface area contributed by atoms with E-state index >= 15 is 0 Å². The maximum absolute atomic E-state index is 12.0. The molecular formula is C19H18N4O. The fraction of sp³-hybridized carbons (Fsp3) is 0.105. The van der Waals surface area contributed by atoms with Crippen molar-refractivity contribution in [2.75, 3.05) is 10.6 Å². The molecule has 5 nitrogen and oxygen atoms in total. The zero-order valence-electron chi connectivity index (χ0n) is 13.1. The van der Waals surface area contributed by atoms with Gasteiger partial charge in [0.05, 0.1) is 0 Å². The highest BCUT2D eigenvalue weighted by Crippen LogP contribution is 2.14. The first-order valence-electron chi connectivity index (χ1n) is 7.79. The van der Waals surface area contributed by atoms with Crippen LogP contribution in [-0.4, -0.2) is 16.1 Å². The minimum absolute atomic E-state index is 0.0723. The van der Waals surface area contributed by atoms with Gasteiger partial charge in [0.25, 0.3) is 0 Å². The van der Waals surface area contributed by atoms with Crippen molar-refractivity contribution in [1.82, 2.24) is 10.2 Å². The normalized spacial score (nSPS) is 10.2. The van der Waals surface area contributed by atoms with E-state index in [0.29, 0.717) is 24.5 Å². The van der Waals surface area contributed by atoms with Gasteiger partial charge < -0.3 is 10.6 Å². The molecule has 0 unspecified atom stereocenters. The Bertz CT molecular complexity index is 773. The number of carbonyl (C=O) groups is 1. The number of carbonyl (C=O) groups excluding carboxylic acids is 1. The van der Waals surface area contributed by atoms with E-state index in [0.717, 1.165) is 11.3 Å². The van der Waals surface area contributed by atoms with Gasteiger partial charge in [0.1, 0.15) is 0 Å². The van der Waals surface area contributed by atoms with Gasteiger partial charge in [-0.05, 0) is 36.2 Å². The van der Waals surface area contributed by atoms with Gasteiger partial charge in [-0.25, -0.2) is 0 Å². The van der Waals surface area contributed by atoms with Crippen LogP contribution in [0.25, 0.3) is 0 Å². The van der Waals surface area contributed by atoms with Crippen molar-refractivity contribution in [2.24, 2.45) is 0 Å². The number of aromatic nitrogens is 2. The maximum atomic E-state index is 12.0. The lowest BCUT2D eigenvalue weighted by molar-refractivity contribution is -0.116. The molecule has 0 fully saturated rings. The molecule has 0 saturated heterocycles. The highest BCUT2D eigenvalue weighted by atomic mass is 16.1. The molecule has 0 atom stereocenters. The topological polar surface area (TPSA) is 66.9 Å². The summed E-state index contributed by atoms with van der Waals surface area (Å²) in [5, 5.41) is 14.0. The van der Waals surface area contributed by atoms with Crippen molar-refractivity contribution in [3.63, 3.8) is 0 Å². The highest BCUT2D eigenvalue weighted by Gasteiger charge is 2.05. The van der Waals surface area contributed by atoms with Crippen molar-refractivity contribution in [3.05, 3.63) is 78.4 Å². The smallest absolute Gasteiger partial charge is 0.225 e. The van der Waals surface area contributed by atoms with Crippen LogP contribution >= 0.6 is 0 Å². The van der Waals surface area contributed by atoms with Crippen LogP contribution in [0.5, 0.6) is 0 Å². The quantitative estimate of drug-likeness (QED) is 0.725. The van der Waals surface area contributed by atoms with Gasteiger partial charge in [0.15, 0.2) is 11.6 Å². The van der Waals surface area contributed by atoms with Crippen molar-refractivity contribution >= 4 is 23.2 Å². The van der Waals surface area contributed by atoms with E-state index in [1.54, 1.807) is 12.1 Å². The number of hydrogen-bond acceptors (Lipinski definition) is 4. The first-order valence-corrected chi connectivity index (χ1v) is 7.79. The number of nitrogens with one attached hydrogen (secondary N) is 2. The number of aryl methyl sites for hydroxylation is 1. The van der Waals surface area contributed by atoms with Crippen LogP contribution in [-0.2, 0) is 11.2 Å². The van der Waals surface area contributed by atoms with Crippen LogP contribution in [0, 0.1) is 0 Å². The molecule has 0 aliphatic heterocycles. The summed E-state index contributed by atoms with van der Waals surface area (Å²) in [6, 6.07) is 23.2. The summed E-state index contributed by atoms with van der Waals surface area (Å²) in [7, 11) is 0. The van der Waals surface area contributed by atoms with Gasteiger partial charge in [-0.2, -0.15) is 0 Å². The molecule has 120 valence electrons. The second-order valence-corrected chi connectivity index (χ2v) is 5.33. The Balaban J connectivity index is 1.51. The zero-order chi connectivity index (χ0) is 16.6. The predicted octanol–water partition coefficient (Wildman–Crippen LogP) is 3.79. The van der Waals surface area contributed by atoms with E-state index in [-0.39, 0.29) is 5.91 Å². The molecule has 5 heteroatoms. The number of amides is 1. The average molecular weight is 318 g/mol. The monoisotopic (exact) mass is 318 g/mol. The lowest BCUT2D eigenvalue weighted by Crippen LogP contribution is -2.14. The maximum Gasteiger partial charge on any atom is 0.225 e. The summed E-state index contributed by atoms with van der Waals surface area (Å²) in [6.07, 6.45) is 1.11. The predicted molar refractivity (Wildman–Crippen MR) is 95.1 cm³/mol. The Morgan fingerprint density at radius 2 is 1.42 bits per heavy atom. The molecule has 0 spiro atoms. The van der Waals surface area contributed by atoms with Crippen LogP contribution in [0.1, 0.15) is 12.0 Å². The first kappa shape index (κ1) is 15.7. The Morgan fingerprint density at radius 1 is 0.792 bits per heavy atom. The van der Waals surface area contributed by atoms with Gasteiger partial charge in [0, 0.05) is 12.1 Å². The number of nitrogens with zero attached hydrogens (tertiary/aromatic N) is 2. The molecule has 3 rings (SSSR count). The Hall–Kier alpha value is -3.21. The van der Waals surface area contributed by atoms with Crippen LogP contribution in [0.15, 0.2) is 72.8 Å². The second kappa shape index (κ2) is 7.87. The summed E-state index contributed by atoms with van der Waals surface area (Å²) in [5.41, 5.74) is 2.08. The summed E-state index contributed by atoms with van der Waals surface area (Å²) < 4.78 is 0. The molecule has 0 aliphatic carbocycles. The molecule has 24 heavy (non-hydrogen) atoms. The minimum Gasteiger partial charge on any atom is -0.339 e. The minimum atomic E-state index is -0.0723. The number of rotatable bonds is 6. The van der Waals surface area contributed by atoms with Gasteiger partial charge in [-0.3, -0.25) is 4.79 Å². The SMILES string of the molecule is O=C(CCc1ccccc1)Nc1ccc(Nc2ccccc2)nn1. The van der Waals surface area contributed by atoms with E-state index in [9.17, 15) is 4.79 Å². The van der Waals surface area contributed by atoms with Gasteiger partial charge in [0.2, 0.25) is 5.91 Å². The van der Waals surface area contributed by atoms with E-state index in [4.69, 9.17) is 0 Å². The Morgan fingerprint density at radius 3 is 2.08 bits per heavy atom. The first-order chi connectivity index (χ1) is 11.8. The van der Waals surface area contributed by atoms with Gasteiger partial charge in [-0.1, -0.05) is 48.5 Å². The average Bonchev–Trinajstić information content (AvgIpc) is 2.63. The fourth-order valence-corrected chi connectivity index (χ4v) is 2.24. The summed E-state index contributed by atoms with van der Waals surface area (Å²) in [6.45, 7) is 0. The number of benzene rings is 2. The summed E-state index contributed by atoms with van der Waals surface area (Å²) in [5.74, 6) is 1.01. The zero-order valence-corrected chi connectivity index (χ0v) is 13.1. The third kappa shape index (κ3) is 4.64. The molecule has 3 aromatic rings. The van der Waals surface area contributed by atoms with Crippen molar-refractivity contribution in [1.29, 1.82) is 0 Å². The number of anilines is 3. The largest absolute Gasteiger partial charge is 0.339 e. The van der Waals surface area contributed by atoms with Crippen LogP contribution in [0.3, 0.4) is 0 Å². The lowest BCUT2D eigenvalue weighted by atomic mass is 10.1. The van der Waals surface area contributed by atoms with Gasteiger partial charge >= 0.3 is 0 Å². The summed E-state index contributed by atoms with van der Waals surface area (Å²) >= 11 is 0.